The molecule has 2 rings (SSSR count). The van der Waals surface area contributed by atoms with Crippen LogP contribution in [0.4, 0.5) is 14.9 Å². The molecule has 0 unspecified atom stereocenters. The van der Waals surface area contributed by atoms with Crippen LogP contribution in [0.2, 0.25) is 0 Å². The van der Waals surface area contributed by atoms with Crippen molar-refractivity contribution in [3.8, 4) is 0 Å². The van der Waals surface area contributed by atoms with Crippen LogP contribution in [-0.4, -0.2) is 46.4 Å². The first-order chi connectivity index (χ1) is 8.56. The average molecular weight is 254 g/mol. The molecule has 1 saturated heterocycles. The Bertz CT molecular complexity index is 424. The minimum absolute atomic E-state index is 0.0915. The third-order valence-corrected chi connectivity index (χ3v) is 3.05. The molecule has 0 aromatic heterocycles. The summed E-state index contributed by atoms with van der Waals surface area (Å²) in [7, 11) is 0. The number of anilines is 1. The molecule has 2 atom stereocenters. The van der Waals surface area contributed by atoms with Gasteiger partial charge in [0, 0.05) is 12.2 Å². The molecule has 1 heterocycles. The van der Waals surface area contributed by atoms with Gasteiger partial charge in [-0.1, -0.05) is 0 Å². The molecule has 0 saturated carbocycles. The molecule has 1 aliphatic rings. The molecule has 18 heavy (non-hydrogen) atoms. The van der Waals surface area contributed by atoms with Crippen molar-refractivity contribution in [3.05, 3.63) is 30.1 Å². The van der Waals surface area contributed by atoms with Crippen LogP contribution in [0.25, 0.3) is 0 Å². The third kappa shape index (κ3) is 2.89. The summed E-state index contributed by atoms with van der Waals surface area (Å²) in [6, 6.07) is 5.63. The van der Waals surface area contributed by atoms with Gasteiger partial charge in [0.1, 0.15) is 5.82 Å². The Hall–Kier alpha value is -1.82. The average Bonchev–Trinajstić information content (AvgIpc) is 2.34. The summed E-state index contributed by atoms with van der Waals surface area (Å²) in [4.78, 5) is 11.9. The van der Waals surface area contributed by atoms with E-state index < -0.39 is 12.2 Å². The molecular weight excluding hydrogens is 239 g/mol. The molecule has 0 spiro atoms. The highest BCUT2D eigenvalue weighted by Crippen LogP contribution is 2.17. The molecule has 1 aromatic rings. The second kappa shape index (κ2) is 5.22. The number of carbonyl (C=O) groups is 1. The SMILES string of the molecule is O=C(O)N1CC[C@@H](Nc2ccc(F)cc2)[C@H](O)C1. The normalized spacial score (nSPS) is 23.8. The van der Waals surface area contributed by atoms with Gasteiger partial charge in [0.05, 0.1) is 18.7 Å². The van der Waals surface area contributed by atoms with E-state index in [-0.39, 0.29) is 18.4 Å². The summed E-state index contributed by atoms with van der Waals surface area (Å²) < 4.78 is 12.7. The quantitative estimate of drug-likeness (QED) is 0.745. The molecule has 1 aliphatic heterocycles. The number of rotatable bonds is 2. The van der Waals surface area contributed by atoms with Gasteiger partial charge in [-0.15, -0.1) is 0 Å². The first kappa shape index (κ1) is 12.6. The molecule has 3 N–H and O–H groups in total. The van der Waals surface area contributed by atoms with Crippen molar-refractivity contribution in [2.24, 2.45) is 0 Å². The lowest BCUT2D eigenvalue weighted by atomic mass is 10.0. The molecule has 1 aromatic carbocycles. The highest BCUT2D eigenvalue weighted by atomic mass is 19.1. The number of hydrogen-bond acceptors (Lipinski definition) is 3. The molecule has 0 radical (unpaired) electrons. The smallest absolute Gasteiger partial charge is 0.407 e. The van der Waals surface area contributed by atoms with Crippen LogP contribution in [0, 0.1) is 5.82 Å². The van der Waals surface area contributed by atoms with E-state index in [0.29, 0.717) is 18.7 Å². The summed E-state index contributed by atoms with van der Waals surface area (Å²) in [5.41, 5.74) is 0.712. The lowest BCUT2D eigenvalue weighted by Crippen LogP contribution is -2.51. The van der Waals surface area contributed by atoms with Gasteiger partial charge in [-0.05, 0) is 30.7 Å². The summed E-state index contributed by atoms with van der Waals surface area (Å²) in [6.07, 6.45) is -1.26. The number of β-amino-alcohol motifs (C(OH)–C–C–N with tert-alkyl or cyclic N) is 1. The van der Waals surface area contributed by atoms with Crippen LogP contribution in [-0.2, 0) is 0 Å². The van der Waals surface area contributed by atoms with E-state index in [2.05, 4.69) is 5.32 Å². The number of amides is 1. The monoisotopic (exact) mass is 254 g/mol. The summed E-state index contributed by atoms with van der Waals surface area (Å²) >= 11 is 0. The number of likely N-dealkylation sites (tertiary alicyclic amines) is 1. The van der Waals surface area contributed by atoms with Crippen LogP contribution >= 0.6 is 0 Å². The van der Waals surface area contributed by atoms with Gasteiger partial charge in [-0.2, -0.15) is 0 Å². The molecule has 1 amide bonds. The van der Waals surface area contributed by atoms with E-state index in [1.807, 2.05) is 0 Å². The maximum Gasteiger partial charge on any atom is 0.407 e. The van der Waals surface area contributed by atoms with Gasteiger partial charge < -0.3 is 20.4 Å². The highest BCUT2D eigenvalue weighted by Gasteiger charge is 2.29. The van der Waals surface area contributed by atoms with Crippen LogP contribution in [0.15, 0.2) is 24.3 Å². The van der Waals surface area contributed by atoms with Gasteiger partial charge in [-0.3, -0.25) is 0 Å². The predicted molar refractivity (Wildman–Crippen MR) is 64.0 cm³/mol. The van der Waals surface area contributed by atoms with Crippen molar-refractivity contribution in [3.63, 3.8) is 0 Å². The molecule has 5 nitrogen and oxygen atoms in total. The molecular formula is C12H15FN2O3. The van der Waals surface area contributed by atoms with Crippen LogP contribution in [0.3, 0.4) is 0 Å². The van der Waals surface area contributed by atoms with Crippen LogP contribution < -0.4 is 5.32 Å². The zero-order valence-electron chi connectivity index (χ0n) is 9.71. The Morgan fingerprint density at radius 2 is 2.06 bits per heavy atom. The van der Waals surface area contributed by atoms with Crippen molar-refractivity contribution in [2.75, 3.05) is 18.4 Å². The lowest BCUT2D eigenvalue weighted by Gasteiger charge is -2.35. The van der Waals surface area contributed by atoms with Crippen molar-refractivity contribution in [2.45, 2.75) is 18.6 Å². The largest absolute Gasteiger partial charge is 0.465 e. The van der Waals surface area contributed by atoms with Gasteiger partial charge in [0.2, 0.25) is 0 Å². The number of aliphatic hydroxyl groups excluding tert-OH is 1. The van der Waals surface area contributed by atoms with Crippen molar-refractivity contribution in [1.29, 1.82) is 0 Å². The Morgan fingerprint density at radius 1 is 1.39 bits per heavy atom. The summed E-state index contributed by atoms with van der Waals surface area (Å²) in [5, 5.41) is 21.8. The summed E-state index contributed by atoms with van der Waals surface area (Å²) in [5.74, 6) is -0.318. The minimum Gasteiger partial charge on any atom is -0.465 e. The topological polar surface area (TPSA) is 72.8 Å². The first-order valence-electron chi connectivity index (χ1n) is 5.74. The second-order valence-electron chi connectivity index (χ2n) is 4.34. The minimum atomic E-state index is -1.02. The zero-order chi connectivity index (χ0) is 13.1. The number of aliphatic hydroxyl groups is 1. The maximum atomic E-state index is 12.7. The summed E-state index contributed by atoms with van der Waals surface area (Å²) in [6.45, 7) is 0.472. The number of carboxylic acid groups (broad SMARTS) is 1. The Balaban J connectivity index is 1.95. The van der Waals surface area contributed by atoms with E-state index in [4.69, 9.17) is 5.11 Å². The number of nitrogens with zero attached hydrogens (tertiary/aromatic N) is 1. The van der Waals surface area contributed by atoms with E-state index in [1.165, 1.54) is 17.0 Å². The Labute approximate surface area is 104 Å². The first-order valence-corrected chi connectivity index (χ1v) is 5.74. The molecule has 1 fully saturated rings. The van der Waals surface area contributed by atoms with E-state index in [9.17, 15) is 14.3 Å². The molecule has 98 valence electrons. The van der Waals surface area contributed by atoms with E-state index in [0.717, 1.165) is 0 Å². The second-order valence-corrected chi connectivity index (χ2v) is 4.34. The van der Waals surface area contributed by atoms with Crippen LogP contribution in [0.1, 0.15) is 6.42 Å². The number of piperidine rings is 1. The van der Waals surface area contributed by atoms with Gasteiger partial charge in [0.25, 0.3) is 0 Å². The van der Waals surface area contributed by atoms with Crippen LogP contribution in [0.5, 0.6) is 0 Å². The fourth-order valence-corrected chi connectivity index (χ4v) is 2.03. The molecule has 0 bridgehead atoms. The van der Waals surface area contributed by atoms with Gasteiger partial charge in [0.15, 0.2) is 0 Å². The number of nitrogens with one attached hydrogen (secondary N) is 1. The molecule has 0 aliphatic carbocycles. The van der Waals surface area contributed by atoms with E-state index >= 15 is 0 Å². The fraction of sp³-hybridized carbons (Fsp3) is 0.417. The number of benzene rings is 1. The Kier molecular flexibility index (Phi) is 3.66. The number of halogens is 1. The Morgan fingerprint density at radius 3 is 2.61 bits per heavy atom. The van der Waals surface area contributed by atoms with E-state index in [1.54, 1.807) is 12.1 Å². The molecule has 6 heteroatoms. The van der Waals surface area contributed by atoms with Crippen molar-refractivity contribution >= 4 is 11.8 Å². The number of hydrogen-bond donors (Lipinski definition) is 3. The van der Waals surface area contributed by atoms with Gasteiger partial charge >= 0.3 is 6.09 Å². The highest BCUT2D eigenvalue weighted by molar-refractivity contribution is 5.65. The van der Waals surface area contributed by atoms with Gasteiger partial charge in [-0.25, -0.2) is 9.18 Å². The lowest BCUT2D eigenvalue weighted by molar-refractivity contribution is 0.0575. The standard InChI is InChI=1S/C12H15FN2O3/c13-8-1-3-9(4-2-8)14-10-5-6-15(12(17)18)7-11(10)16/h1-4,10-11,14,16H,5-7H2,(H,17,18)/t10-,11-/m1/s1. The zero-order valence-corrected chi connectivity index (χ0v) is 9.71. The fourth-order valence-electron chi connectivity index (χ4n) is 2.03. The maximum absolute atomic E-state index is 12.7. The van der Waals surface area contributed by atoms with Crippen molar-refractivity contribution < 1.29 is 19.4 Å². The third-order valence-electron chi connectivity index (χ3n) is 3.05. The van der Waals surface area contributed by atoms with Crippen molar-refractivity contribution in [1.82, 2.24) is 4.90 Å². The predicted octanol–water partition coefficient (Wildman–Crippen LogP) is 1.35.